The predicted octanol–water partition coefficient (Wildman–Crippen LogP) is 1.82. The molecule has 0 saturated heterocycles. The smallest absolute Gasteiger partial charge is 0.238 e. The van der Waals surface area contributed by atoms with Crippen molar-refractivity contribution in [2.24, 2.45) is 5.14 Å². The first-order valence-electron chi connectivity index (χ1n) is 8.96. The zero-order valence-corrected chi connectivity index (χ0v) is 15.6. The van der Waals surface area contributed by atoms with Gasteiger partial charge in [0.15, 0.2) is 0 Å². The molecule has 1 aromatic heterocycles. The molecule has 0 bridgehead atoms. The summed E-state index contributed by atoms with van der Waals surface area (Å²) in [6.45, 7) is 3.53. The molecular weight excluding hydrogens is 350 g/mol. The van der Waals surface area contributed by atoms with Crippen LogP contribution in [0.4, 0.5) is 11.8 Å². The van der Waals surface area contributed by atoms with E-state index in [4.69, 9.17) is 10.1 Å². The highest BCUT2D eigenvalue weighted by Gasteiger charge is 2.24. The van der Waals surface area contributed by atoms with Crippen LogP contribution in [0.3, 0.4) is 0 Å². The molecule has 0 spiro atoms. The molecular formula is C18H23N5O2S. The van der Waals surface area contributed by atoms with Crippen LogP contribution in [0.2, 0.25) is 0 Å². The lowest BCUT2D eigenvalue weighted by molar-refractivity contribution is 0.597. The fourth-order valence-electron chi connectivity index (χ4n) is 3.21. The van der Waals surface area contributed by atoms with Crippen molar-refractivity contribution in [2.45, 2.75) is 50.1 Å². The second-order valence-corrected chi connectivity index (χ2v) is 8.52. The maximum absolute atomic E-state index is 11.6. The average Bonchev–Trinajstić information content (AvgIpc) is 3.43. The van der Waals surface area contributed by atoms with Gasteiger partial charge in [-0.15, -0.1) is 0 Å². The van der Waals surface area contributed by atoms with E-state index in [1.54, 1.807) is 12.1 Å². The fraction of sp³-hybridized carbons (Fsp3) is 0.444. The molecule has 3 N–H and O–H groups in total. The van der Waals surface area contributed by atoms with E-state index in [1.165, 1.54) is 12.8 Å². The zero-order valence-electron chi connectivity index (χ0n) is 14.8. The van der Waals surface area contributed by atoms with E-state index in [9.17, 15) is 8.42 Å². The summed E-state index contributed by atoms with van der Waals surface area (Å²) in [5, 5.41) is 8.65. The Hall–Kier alpha value is -2.19. The predicted molar refractivity (Wildman–Crippen MR) is 101 cm³/mol. The first-order valence-corrected chi connectivity index (χ1v) is 10.5. The highest BCUT2D eigenvalue weighted by molar-refractivity contribution is 7.89. The van der Waals surface area contributed by atoms with E-state index in [1.807, 2.05) is 12.1 Å². The maximum Gasteiger partial charge on any atom is 0.238 e. The van der Waals surface area contributed by atoms with Crippen LogP contribution in [0, 0.1) is 0 Å². The number of primary sulfonamides is 1. The molecule has 2 heterocycles. The molecule has 0 radical (unpaired) electrons. The molecule has 2 aromatic rings. The van der Waals surface area contributed by atoms with Crippen LogP contribution in [-0.2, 0) is 29.4 Å². The van der Waals surface area contributed by atoms with Gasteiger partial charge >= 0.3 is 0 Å². The molecule has 26 heavy (non-hydrogen) atoms. The lowest BCUT2D eigenvalue weighted by atomic mass is 10.00. The van der Waals surface area contributed by atoms with Crippen molar-refractivity contribution in [3.05, 3.63) is 41.1 Å². The van der Waals surface area contributed by atoms with E-state index >= 15 is 0 Å². The Labute approximate surface area is 153 Å². The van der Waals surface area contributed by atoms with Gasteiger partial charge in [0.1, 0.15) is 5.82 Å². The van der Waals surface area contributed by atoms with Gasteiger partial charge in [0.25, 0.3) is 0 Å². The highest BCUT2D eigenvalue weighted by Crippen LogP contribution is 2.28. The Morgan fingerprint density at radius 1 is 1.23 bits per heavy atom. The Bertz CT molecular complexity index is 941. The summed E-state index contributed by atoms with van der Waals surface area (Å²) < 4.78 is 23.3. The maximum atomic E-state index is 11.6. The lowest BCUT2D eigenvalue weighted by Gasteiger charge is -2.30. The van der Waals surface area contributed by atoms with Crippen LogP contribution in [0.1, 0.15) is 36.6 Å². The molecule has 0 amide bonds. The Morgan fingerprint density at radius 3 is 2.73 bits per heavy atom. The van der Waals surface area contributed by atoms with Gasteiger partial charge in [-0.25, -0.2) is 18.5 Å². The second kappa shape index (κ2) is 6.51. The normalized spacial score (nSPS) is 17.1. The number of aromatic nitrogens is 2. The first-order chi connectivity index (χ1) is 12.4. The topological polar surface area (TPSA) is 101 Å². The van der Waals surface area contributed by atoms with Crippen LogP contribution in [0.25, 0.3) is 0 Å². The average molecular weight is 373 g/mol. The number of sulfonamides is 1. The summed E-state index contributed by atoms with van der Waals surface area (Å²) in [4.78, 5) is 11.6. The van der Waals surface area contributed by atoms with Gasteiger partial charge in [-0.2, -0.15) is 4.98 Å². The molecule has 4 rings (SSSR count). The Morgan fingerprint density at radius 2 is 2.04 bits per heavy atom. The third kappa shape index (κ3) is 3.66. The Balaban J connectivity index is 1.63. The number of nitrogens with two attached hydrogens (primary N) is 1. The largest absolute Gasteiger partial charge is 0.352 e. The molecule has 0 unspecified atom stereocenters. The molecule has 1 saturated carbocycles. The summed E-state index contributed by atoms with van der Waals surface area (Å²) >= 11 is 0. The second-order valence-electron chi connectivity index (χ2n) is 6.96. The molecule has 2 aliphatic rings. The highest BCUT2D eigenvalue weighted by atomic mass is 32.2. The van der Waals surface area contributed by atoms with Crippen LogP contribution >= 0.6 is 0 Å². The number of aryl methyl sites for hydroxylation is 1. The number of nitrogens with zero attached hydrogens (tertiary/aromatic N) is 3. The SMILES string of the molecule is CCc1cc(N2CCc3ccc(S(N)(=O)=O)cc3C2)nc(NC2CC2)n1. The summed E-state index contributed by atoms with van der Waals surface area (Å²) in [6, 6.07) is 7.65. The molecule has 1 aliphatic heterocycles. The van der Waals surface area contributed by atoms with Crippen LogP contribution in [-0.4, -0.2) is 31.0 Å². The van der Waals surface area contributed by atoms with E-state index in [2.05, 4.69) is 22.1 Å². The van der Waals surface area contributed by atoms with E-state index in [0.717, 1.165) is 42.0 Å². The first kappa shape index (κ1) is 17.2. The van der Waals surface area contributed by atoms with Crippen molar-refractivity contribution >= 4 is 21.8 Å². The van der Waals surface area contributed by atoms with Gasteiger partial charge in [0, 0.05) is 30.9 Å². The van der Waals surface area contributed by atoms with Crippen molar-refractivity contribution in [2.75, 3.05) is 16.8 Å². The molecule has 138 valence electrons. The molecule has 1 aliphatic carbocycles. The number of hydrogen-bond acceptors (Lipinski definition) is 6. The fourth-order valence-corrected chi connectivity index (χ4v) is 3.77. The number of nitrogens with one attached hydrogen (secondary N) is 1. The van der Waals surface area contributed by atoms with Crippen molar-refractivity contribution in [3.8, 4) is 0 Å². The van der Waals surface area contributed by atoms with E-state index < -0.39 is 10.0 Å². The lowest BCUT2D eigenvalue weighted by Crippen LogP contribution is -2.31. The monoisotopic (exact) mass is 373 g/mol. The van der Waals surface area contributed by atoms with Crippen molar-refractivity contribution in [1.29, 1.82) is 0 Å². The van der Waals surface area contributed by atoms with Gasteiger partial charge in [0.05, 0.1) is 4.90 Å². The Kier molecular flexibility index (Phi) is 4.32. The summed E-state index contributed by atoms with van der Waals surface area (Å²) in [5.74, 6) is 1.57. The van der Waals surface area contributed by atoms with Crippen LogP contribution in [0.5, 0.6) is 0 Å². The summed E-state index contributed by atoms with van der Waals surface area (Å²) in [5.41, 5.74) is 3.15. The number of fused-ring (bicyclic) bond motifs is 1. The number of hydrogen-bond donors (Lipinski definition) is 2. The van der Waals surface area contributed by atoms with Gasteiger partial charge in [0.2, 0.25) is 16.0 Å². The van der Waals surface area contributed by atoms with Crippen molar-refractivity contribution < 1.29 is 8.42 Å². The van der Waals surface area contributed by atoms with Gasteiger partial charge in [-0.3, -0.25) is 0 Å². The standard InChI is InChI=1S/C18H23N5O2S/c1-2-14-10-17(22-18(20-14)21-15-4-5-15)23-8-7-12-3-6-16(26(19,24)25)9-13(12)11-23/h3,6,9-10,15H,2,4-5,7-8,11H2,1H3,(H2,19,24,25)(H,20,21,22). The van der Waals surface area contributed by atoms with Crippen molar-refractivity contribution in [1.82, 2.24) is 9.97 Å². The zero-order chi connectivity index (χ0) is 18.3. The molecule has 7 nitrogen and oxygen atoms in total. The minimum absolute atomic E-state index is 0.158. The minimum atomic E-state index is -3.70. The summed E-state index contributed by atoms with van der Waals surface area (Å²) in [7, 11) is -3.70. The van der Waals surface area contributed by atoms with Crippen molar-refractivity contribution in [3.63, 3.8) is 0 Å². The number of benzene rings is 1. The number of anilines is 2. The van der Waals surface area contributed by atoms with Crippen LogP contribution in [0.15, 0.2) is 29.2 Å². The third-order valence-electron chi connectivity index (χ3n) is 4.88. The molecule has 1 fully saturated rings. The third-order valence-corrected chi connectivity index (χ3v) is 5.79. The summed E-state index contributed by atoms with van der Waals surface area (Å²) in [6.07, 6.45) is 4.02. The quantitative estimate of drug-likeness (QED) is 0.829. The van der Waals surface area contributed by atoms with Gasteiger partial charge in [-0.1, -0.05) is 13.0 Å². The molecule has 8 heteroatoms. The molecule has 1 aromatic carbocycles. The number of rotatable bonds is 5. The van der Waals surface area contributed by atoms with Crippen LogP contribution < -0.4 is 15.4 Å². The van der Waals surface area contributed by atoms with Gasteiger partial charge in [-0.05, 0) is 48.9 Å². The molecule has 0 atom stereocenters. The van der Waals surface area contributed by atoms with Gasteiger partial charge < -0.3 is 10.2 Å². The minimum Gasteiger partial charge on any atom is -0.352 e. The van der Waals surface area contributed by atoms with E-state index in [0.29, 0.717) is 18.5 Å². The van der Waals surface area contributed by atoms with E-state index in [-0.39, 0.29) is 4.90 Å².